The molecule has 1 amide bonds. The van der Waals surface area contributed by atoms with Crippen molar-refractivity contribution in [2.75, 3.05) is 11.4 Å². The number of hydrogen-bond acceptors (Lipinski definition) is 4. The minimum atomic E-state index is -3.51. The molecule has 0 radical (unpaired) electrons. The molecule has 0 aliphatic heterocycles. The monoisotopic (exact) mass is 336 g/mol. The number of carbonyl (C=O) groups excluding carboxylic acids is 1. The van der Waals surface area contributed by atoms with Crippen LogP contribution >= 0.6 is 0 Å². The van der Waals surface area contributed by atoms with Crippen LogP contribution < -0.4 is 9.62 Å². The molecule has 1 N–H and O–H groups in total. The maximum absolute atomic E-state index is 12.4. The highest BCUT2D eigenvalue weighted by Crippen LogP contribution is 2.23. The van der Waals surface area contributed by atoms with Gasteiger partial charge in [-0.25, -0.2) is 8.42 Å². The summed E-state index contributed by atoms with van der Waals surface area (Å²) in [6, 6.07) is 10.1. The van der Waals surface area contributed by atoms with Crippen LogP contribution in [0.15, 0.2) is 47.1 Å². The molecule has 124 valence electrons. The van der Waals surface area contributed by atoms with Crippen LogP contribution in [0.4, 0.5) is 5.69 Å². The Hall–Kier alpha value is -2.28. The van der Waals surface area contributed by atoms with Crippen molar-refractivity contribution < 1.29 is 17.6 Å². The van der Waals surface area contributed by atoms with Crippen LogP contribution in [0, 0.1) is 0 Å². The summed E-state index contributed by atoms with van der Waals surface area (Å²) in [7, 11) is -2.06. The van der Waals surface area contributed by atoms with E-state index in [1.807, 2.05) is 0 Å². The predicted molar refractivity (Wildman–Crippen MR) is 88.8 cm³/mol. The van der Waals surface area contributed by atoms with Gasteiger partial charge in [0.2, 0.25) is 10.0 Å². The van der Waals surface area contributed by atoms with E-state index in [9.17, 15) is 13.2 Å². The van der Waals surface area contributed by atoms with E-state index >= 15 is 0 Å². The Morgan fingerprint density at radius 1 is 1.22 bits per heavy atom. The number of carbonyl (C=O) groups is 1. The van der Waals surface area contributed by atoms with E-state index in [4.69, 9.17) is 4.42 Å². The maximum Gasteiger partial charge on any atom is 0.253 e. The van der Waals surface area contributed by atoms with E-state index in [0.29, 0.717) is 17.0 Å². The Morgan fingerprint density at radius 3 is 2.52 bits per heavy atom. The number of hydrogen-bond donors (Lipinski definition) is 1. The van der Waals surface area contributed by atoms with Crippen molar-refractivity contribution in [2.45, 2.75) is 25.6 Å². The Morgan fingerprint density at radius 2 is 1.91 bits per heavy atom. The molecule has 2 aromatic rings. The molecule has 0 aliphatic carbocycles. The number of furan rings is 1. The first-order chi connectivity index (χ1) is 10.8. The molecule has 0 saturated carbocycles. The number of amides is 1. The Bertz CT molecular complexity index is 767. The molecule has 0 spiro atoms. The van der Waals surface area contributed by atoms with Gasteiger partial charge < -0.3 is 9.73 Å². The van der Waals surface area contributed by atoms with Gasteiger partial charge in [0.1, 0.15) is 5.76 Å². The zero-order chi connectivity index (χ0) is 17.0. The molecule has 23 heavy (non-hydrogen) atoms. The molecule has 1 heterocycles. The number of rotatable bonds is 6. The zero-order valence-corrected chi connectivity index (χ0v) is 14.1. The average Bonchev–Trinajstić information content (AvgIpc) is 3.05. The number of benzene rings is 1. The van der Waals surface area contributed by atoms with E-state index in [1.165, 1.54) is 13.3 Å². The van der Waals surface area contributed by atoms with Gasteiger partial charge in [0.15, 0.2) is 0 Å². The molecule has 0 saturated heterocycles. The summed E-state index contributed by atoms with van der Waals surface area (Å²) in [5.74, 6) is 0.266. The number of nitrogens with one attached hydrogen (secondary N) is 1. The molecule has 6 nitrogen and oxygen atoms in total. The third-order valence-electron chi connectivity index (χ3n) is 3.47. The van der Waals surface area contributed by atoms with Gasteiger partial charge in [-0.2, -0.15) is 0 Å². The van der Waals surface area contributed by atoms with E-state index < -0.39 is 15.3 Å². The van der Waals surface area contributed by atoms with Crippen molar-refractivity contribution in [3.8, 4) is 0 Å². The second kappa shape index (κ2) is 6.87. The molecule has 0 fully saturated rings. The van der Waals surface area contributed by atoms with Gasteiger partial charge >= 0.3 is 0 Å². The molecule has 0 unspecified atom stereocenters. The van der Waals surface area contributed by atoms with Crippen LogP contribution in [0.25, 0.3) is 0 Å². The standard InChI is InChI=1S/C16H20N2O4S/c1-12(2)23(20,21)18(3)15-9-5-4-8-14(15)16(19)17-11-13-7-6-10-22-13/h4-10,12H,11H2,1-3H3,(H,17,19). The van der Waals surface area contributed by atoms with Gasteiger partial charge in [-0.1, -0.05) is 12.1 Å². The summed E-state index contributed by atoms with van der Waals surface area (Å²) >= 11 is 0. The van der Waals surface area contributed by atoms with Crippen LogP contribution in [0.2, 0.25) is 0 Å². The van der Waals surface area contributed by atoms with Crippen molar-refractivity contribution in [3.63, 3.8) is 0 Å². The molecule has 0 bridgehead atoms. The van der Waals surface area contributed by atoms with Crippen LogP contribution in [0.1, 0.15) is 30.0 Å². The van der Waals surface area contributed by atoms with Crippen molar-refractivity contribution >= 4 is 21.6 Å². The molecule has 0 atom stereocenters. The van der Waals surface area contributed by atoms with Gasteiger partial charge in [-0.15, -0.1) is 0 Å². The highest BCUT2D eigenvalue weighted by molar-refractivity contribution is 7.93. The second-order valence-electron chi connectivity index (χ2n) is 5.34. The fraction of sp³-hybridized carbons (Fsp3) is 0.312. The Balaban J connectivity index is 2.25. The van der Waals surface area contributed by atoms with Gasteiger partial charge in [-0.05, 0) is 38.1 Å². The first-order valence-electron chi connectivity index (χ1n) is 7.21. The van der Waals surface area contributed by atoms with Gasteiger partial charge in [0.25, 0.3) is 5.91 Å². The smallest absolute Gasteiger partial charge is 0.253 e. The van der Waals surface area contributed by atoms with Crippen LogP contribution in [0.3, 0.4) is 0 Å². The van der Waals surface area contributed by atoms with Crippen molar-refractivity contribution in [1.82, 2.24) is 5.32 Å². The van der Waals surface area contributed by atoms with Crippen molar-refractivity contribution in [2.24, 2.45) is 0 Å². The van der Waals surface area contributed by atoms with Crippen LogP contribution in [-0.4, -0.2) is 26.6 Å². The zero-order valence-electron chi connectivity index (χ0n) is 13.3. The highest BCUT2D eigenvalue weighted by Gasteiger charge is 2.25. The third-order valence-corrected chi connectivity index (χ3v) is 5.62. The fourth-order valence-corrected chi connectivity index (χ4v) is 3.14. The van der Waals surface area contributed by atoms with E-state index in [-0.39, 0.29) is 12.5 Å². The lowest BCUT2D eigenvalue weighted by Gasteiger charge is -2.23. The lowest BCUT2D eigenvalue weighted by molar-refractivity contribution is 0.0948. The SMILES string of the molecule is CC(C)S(=O)(=O)N(C)c1ccccc1C(=O)NCc1ccco1. The summed E-state index contributed by atoms with van der Waals surface area (Å²) in [5, 5.41) is 2.15. The molecule has 1 aromatic heterocycles. The molecular formula is C16H20N2O4S. The lowest BCUT2D eigenvalue weighted by atomic mass is 10.1. The number of anilines is 1. The van der Waals surface area contributed by atoms with Crippen LogP contribution in [0.5, 0.6) is 0 Å². The Labute approximate surface area is 136 Å². The van der Waals surface area contributed by atoms with Gasteiger partial charge in [-0.3, -0.25) is 9.10 Å². The van der Waals surface area contributed by atoms with Crippen molar-refractivity contribution in [3.05, 3.63) is 54.0 Å². The summed E-state index contributed by atoms with van der Waals surface area (Å²) in [6.07, 6.45) is 1.53. The predicted octanol–water partition coefficient (Wildman–Crippen LogP) is 2.38. The Kier molecular flexibility index (Phi) is 5.10. The first kappa shape index (κ1) is 17.1. The minimum Gasteiger partial charge on any atom is -0.467 e. The van der Waals surface area contributed by atoms with E-state index in [0.717, 1.165) is 4.31 Å². The third kappa shape index (κ3) is 3.73. The maximum atomic E-state index is 12.4. The molecular weight excluding hydrogens is 316 g/mol. The summed E-state index contributed by atoms with van der Waals surface area (Å²) < 4.78 is 31.0. The molecule has 1 aromatic carbocycles. The molecule has 2 rings (SSSR count). The van der Waals surface area contributed by atoms with Crippen molar-refractivity contribution in [1.29, 1.82) is 0 Å². The largest absolute Gasteiger partial charge is 0.467 e. The summed E-state index contributed by atoms with van der Waals surface area (Å²) in [6.45, 7) is 3.44. The van der Waals surface area contributed by atoms with Crippen LogP contribution in [-0.2, 0) is 16.6 Å². The number of sulfonamides is 1. The van der Waals surface area contributed by atoms with Gasteiger partial charge in [0.05, 0.1) is 29.3 Å². The molecule has 0 aliphatic rings. The lowest BCUT2D eigenvalue weighted by Crippen LogP contribution is -2.35. The number of nitrogens with zero attached hydrogens (tertiary/aromatic N) is 1. The van der Waals surface area contributed by atoms with E-state index in [2.05, 4.69) is 5.32 Å². The quantitative estimate of drug-likeness (QED) is 0.878. The second-order valence-corrected chi connectivity index (χ2v) is 7.86. The fourth-order valence-electron chi connectivity index (χ4n) is 2.07. The summed E-state index contributed by atoms with van der Waals surface area (Å²) in [5.41, 5.74) is 0.643. The van der Waals surface area contributed by atoms with Gasteiger partial charge in [0, 0.05) is 7.05 Å². The average molecular weight is 336 g/mol. The number of para-hydroxylation sites is 1. The molecule has 7 heteroatoms. The normalized spacial score (nSPS) is 11.5. The minimum absolute atomic E-state index is 0.237. The topological polar surface area (TPSA) is 79.6 Å². The van der Waals surface area contributed by atoms with E-state index in [1.54, 1.807) is 50.2 Å². The first-order valence-corrected chi connectivity index (χ1v) is 8.71. The highest BCUT2D eigenvalue weighted by atomic mass is 32.2. The summed E-state index contributed by atoms with van der Waals surface area (Å²) in [4.78, 5) is 12.4.